The first-order valence-corrected chi connectivity index (χ1v) is 18.6. The Bertz CT molecular complexity index is 2090. The molecule has 0 radical (unpaired) electrons. The van der Waals surface area contributed by atoms with Crippen LogP contribution in [0.15, 0.2) is 47.4 Å². The number of likely N-dealkylation sites (tertiary alicyclic amines) is 4. The molecule has 4 saturated heterocycles. The molecule has 12 heteroatoms. The number of benzene rings is 2. The van der Waals surface area contributed by atoms with Crippen molar-refractivity contribution in [3.8, 4) is 12.3 Å². The minimum Gasteiger partial charge on any atom is -0.397 e. The van der Waals surface area contributed by atoms with Crippen LogP contribution in [-0.4, -0.2) is 110 Å². The number of rotatable bonds is 7. The SMILES string of the molecule is C#Cc1cc(C[C@@H](CC(=O)N2CCC(n3c(=O)[nH]c4c5ccccc5ncc43)CC2)C(=O)N2CCC(N3CC4CC3CN4C)CC2)cc(Cl)c1N. The number of fused-ring (bicyclic) bond motifs is 5. The van der Waals surface area contributed by atoms with E-state index in [9.17, 15) is 14.4 Å². The number of piperazine rings is 1. The number of carbonyl (C=O) groups is 2. The molecule has 0 spiro atoms. The number of piperidine rings is 2. The smallest absolute Gasteiger partial charge is 0.326 e. The number of hydrogen-bond acceptors (Lipinski definition) is 7. The number of nitrogens with zero attached hydrogens (tertiary/aromatic N) is 6. The van der Waals surface area contributed by atoms with Crippen LogP contribution in [0, 0.1) is 18.3 Å². The first-order chi connectivity index (χ1) is 24.7. The maximum Gasteiger partial charge on any atom is 0.326 e. The fraction of sp³-hybridized carbons (Fsp3) is 0.487. The minimum atomic E-state index is -0.566. The number of amides is 2. The van der Waals surface area contributed by atoms with Gasteiger partial charge in [0.15, 0.2) is 0 Å². The molecule has 4 fully saturated rings. The molecule has 3 atom stereocenters. The fourth-order valence-electron chi connectivity index (χ4n) is 9.26. The van der Waals surface area contributed by atoms with E-state index < -0.39 is 5.92 Å². The van der Waals surface area contributed by atoms with Gasteiger partial charge in [-0.25, -0.2) is 4.79 Å². The molecule has 4 aliphatic heterocycles. The van der Waals surface area contributed by atoms with E-state index >= 15 is 0 Å². The number of pyridine rings is 1. The van der Waals surface area contributed by atoms with Gasteiger partial charge in [-0.15, -0.1) is 6.42 Å². The quantitative estimate of drug-likeness (QED) is 0.221. The maximum absolute atomic E-state index is 14.3. The normalized spacial score (nSPS) is 22.6. The monoisotopic (exact) mass is 708 g/mol. The molecule has 2 amide bonds. The van der Waals surface area contributed by atoms with Gasteiger partial charge in [0.1, 0.15) is 0 Å². The number of hydrogen-bond donors (Lipinski definition) is 2. The Labute approximate surface area is 302 Å². The Morgan fingerprint density at radius 1 is 1.02 bits per heavy atom. The summed E-state index contributed by atoms with van der Waals surface area (Å²) in [6.07, 6.45) is 12.3. The van der Waals surface area contributed by atoms with E-state index in [-0.39, 0.29) is 30.0 Å². The number of aromatic amines is 1. The summed E-state index contributed by atoms with van der Waals surface area (Å²) < 4.78 is 1.80. The summed E-state index contributed by atoms with van der Waals surface area (Å²) in [5.74, 6) is 1.98. The number of nitrogens with one attached hydrogen (secondary N) is 1. The van der Waals surface area contributed by atoms with Gasteiger partial charge in [-0.05, 0) is 69.3 Å². The van der Waals surface area contributed by atoms with Crippen LogP contribution in [0.4, 0.5) is 5.69 Å². The summed E-state index contributed by atoms with van der Waals surface area (Å²) in [4.78, 5) is 58.0. The first-order valence-electron chi connectivity index (χ1n) is 18.2. The summed E-state index contributed by atoms with van der Waals surface area (Å²) >= 11 is 6.45. The van der Waals surface area contributed by atoms with Crippen LogP contribution in [0.25, 0.3) is 21.9 Å². The number of anilines is 1. The highest BCUT2D eigenvalue weighted by molar-refractivity contribution is 6.33. The third kappa shape index (κ3) is 6.28. The molecule has 2 bridgehead atoms. The maximum atomic E-state index is 14.3. The second kappa shape index (κ2) is 13.6. The lowest BCUT2D eigenvalue weighted by atomic mass is 9.91. The summed E-state index contributed by atoms with van der Waals surface area (Å²) in [5, 5.41) is 1.26. The van der Waals surface area contributed by atoms with Crippen LogP contribution in [-0.2, 0) is 16.0 Å². The summed E-state index contributed by atoms with van der Waals surface area (Å²) in [6, 6.07) is 13.0. The second-order valence-corrected chi connectivity index (χ2v) is 15.4. The zero-order valence-electron chi connectivity index (χ0n) is 29.1. The first kappa shape index (κ1) is 33.8. The molecule has 51 heavy (non-hydrogen) atoms. The number of H-pyrrole nitrogens is 1. The number of nitrogen functional groups attached to an aromatic ring is 1. The largest absolute Gasteiger partial charge is 0.397 e. The fourth-order valence-corrected chi connectivity index (χ4v) is 9.50. The van der Waals surface area contributed by atoms with E-state index in [4.69, 9.17) is 23.8 Å². The molecule has 266 valence electrons. The molecule has 6 heterocycles. The van der Waals surface area contributed by atoms with Crippen LogP contribution in [0.3, 0.4) is 0 Å². The highest BCUT2D eigenvalue weighted by Crippen LogP contribution is 2.35. The van der Waals surface area contributed by atoms with E-state index in [1.165, 1.54) is 6.42 Å². The van der Waals surface area contributed by atoms with Gasteiger partial charge in [-0.3, -0.25) is 24.0 Å². The van der Waals surface area contributed by atoms with Crippen molar-refractivity contribution in [1.29, 1.82) is 0 Å². The van der Waals surface area contributed by atoms with Gasteiger partial charge in [0.05, 0.1) is 39.4 Å². The summed E-state index contributed by atoms with van der Waals surface area (Å²) in [5.41, 5.74) is 9.95. The average molecular weight is 709 g/mol. The van der Waals surface area contributed by atoms with Crippen molar-refractivity contribution >= 4 is 51.0 Å². The Kier molecular flexibility index (Phi) is 9.03. The van der Waals surface area contributed by atoms with Crippen molar-refractivity contribution in [2.24, 2.45) is 5.92 Å². The predicted molar refractivity (Wildman–Crippen MR) is 199 cm³/mol. The third-order valence-electron chi connectivity index (χ3n) is 12.0. The zero-order valence-corrected chi connectivity index (χ0v) is 29.8. The molecular formula is C39H45ClN8O3. The van der Waals surface area contributed by atoms with Crippen LogP contribution in [0.5, 0.6) is 0 Å². The van der Waals surface area contributed by atoms with Gasteiger partial charge < -0.3 is 25.4 Å². The highest BCUT2D eigenvalue weighted by atomic mass is 35.5. The van der Waals surface area contributed by atoms with Crippen molar-refractivity contribution in [2.45, 2.75) is 69.1 Å². The van der Waals surface area contributed by atoms with Crippen LogP contribution >= 0.6 is 11.6 Å². The molecule has 2 aromatic carbocycles. The zero-order chi connectivity index (χ0) is 35.4. The van der Waals surface area contributed by atoms with Crippen molar-refractivity contribution in [1.82, 2.24) is 34.1 Å². The van der Waals surface area contributed by atoms with Crippen LogP contribution < -0.4 is 11.4 Å². The second-order valence-electron chi connectivity index (χ2n) is 15.0. The number of halogens is 1. The lowest BCUT2D eigenvalue weighted by Gasteiger charge is -2.42. The van der Waals surface area contributed by atoms with Crippen molar-refractivity contribution in [2.75, 3.05) is 52.0 Å². The Hall–Kier alpha value is -4.37. The van der Waals surface area contributed by atoms with Crippen LogP contribution in [0.2, 0.25) is 5.02 Å². The number of nitrogens with two attached hydrogens (primary N) is 1. The third-order valence-corrected chi connectivity index (χ3v) is 12.4. The topological polar surface area (TPSA) is 124 Å². The standard InChI is InChI=1S/C39H45ClN8O3/c1-3-25-16-24(18-32(40)36(25)41)17-26(38(50)46-14-8-27(9-15-46)47-23-29-20-30(47)22-44(29)2)19-35(49)45-12-10-28(11-13-45)48-34-21-42-33-7-5-4-6-31(33)37(34)43-39(48)51/h1,4-7,16,18,21,26-30H,8-15,17,19-20,22-23,41H2,2H3,(H,43,51)/t26-,29?,30?/m0/s1. The van der Waals surface area contributed by atoms with E-state index in [1.807, 2.05) is 34.1 Å². The lowest BCUT2D eigenvalue weighted by Crippen LogP contribution is -2.54. The molecule has 8 rings (SSSR count). The number of likely N-dealkylation sites (N-methyl/N-ethyl adjacent to an activating group) is 1. The summed E-state index contributed by atoms with van der Waals surface area (Å²) in [6.45, 7) is 4.61. The van der Waals surface area contributed by atoms with Gasteiger partial charge in [0.25, 0.3) is 0 Å². The predicted octanol–water partition coefficient (Wildman–Crippen LogP) is 3.89. The minimum absolute atomic E-state index is 0.000335. The van der Waals surface area contributed by atoms with Crippen molar-refractivity contribution < 1.29 is 9.59 Å². The van der Waals surface area contributed by atoms with Crippen molar-refractivity contribution in [3.05, 3.63) is 69.2 Å². The number of aromatic nitrogens is 3. The van der Waals surface area contributed by atoms with Gasteiger partial charge in [-0.2, -0.15) is 0 Å². The molecule has 2 aromatic heterocycles. The molecule has 0 saturated carbocycles. The van der Waals surface area contributed by atoms with Crippen LogP contribution in [0.1, 0.15) is 55.7 Å². The Morgan fingerprint density at radius 2 is 1.75 bits per heavy atom. The van der Waals surface area contributed by atoms with E-state index in [1.54, 1.807) is 22.9 Å². The van der Waals surface area contributed by atoms with Crippen molar-refractivity contribution in [3.63, 3.8) is 0 Å². The van der Waals surface area contributed by atoms with Gasteiger partial charge in [0.2, 0.25) is 11.8 Å². The molecule has 3 N–H and O–H groups in total. The van der Waals surface area contributed by atoms with Gasteiger partial charge in [0, 0.05) is 80.8 Å². The van der Waals surface area contributed by atoms with Gasteiger partial charge >= 0.3 is 5.69 Å². The lowest BCUT2D eigenvalue weighted by molar-refractivity contribution is -0.143. The van der Waals surface area contributed by atoms with E-state index in [2.05, 4.69) is 32.7 Å². The number of imidazole rings is 1. The highest BCUT2D eigenvalue weighted by Gasteiger charge is 2.45. The Morgan fingerprint density at radius 3 is 2.45 bits per heavy atom. The molecule has 2 unspecified atom stereocenters. The molecule has 4 aromatic rings. The molecule has 4 aliphatic rings. The molecule has 0 aliphatic carbocycles. The Balaban J connectivity index is 0.958. The summed E-state index contributed by atoms with van der Waals surface area (Å²) in [7, 11) is 2.22. The van der Waals surface area contributed by atoms with E-state index in [0.717, 1.165) is 53.4 Å². The van der Waals surface area contributed by atoms with Gasteiger partial charge in [-0.1, -0.05) is 35.7 Å². The average Bonchev–Trinajstić information content (AvgIpc) is 3.84. The number of carbonyl (C=O) groups excluding carboxylic acids is 2. The number of terminal acetylenes is 1. The molecular weight excluding hydrogens is 664 g/mol. The molecule has 11 nitrogen and oxygen atoms in total. The number of para-hydroxylation sites is 1. The van der Waals surface area contributed by atoms with E-state index in [0.29, 0.717) is 79.8 Å².